The molecule has 1 unspecified atom stereocenters. The van der Waals surface area contributed by atoms with Crippen molar-refractivity contribution in [3.8, 4) is 0 Å². The van der Waals surface area contributed by atoms with E-state index >= 15 is 0 Å². The highest BCUT2D eigenvalue weighted by molar-refractivity contribution is 5.97. The molecule has 0 bridgehead atoms. The van der Waals surface area contributed by atoms with Crippen molar-refractivity contribution in [1.82, 2.24) is 0 Å². The van der Waals surface area contributed by atoms with Crippen LogP contribution in [0.25, 0.3) is 0 Å². The van der Waals surface area contributed by atoms with E-state index in [1.807, 2.05) is 0 Å². The minimum absolute atomic E-state index is 0.00833. The van der Waals surface area contributed by atoms with Crippen LogP contribution in [0.3, 0.4) is 0 Å². The third kappa shape index (κ3) is 3.10. The quantitative estimate of drug-likeness (QED) is 0.888. The number of carboxylic acids is 1. The summed E-state index contributed by atoms with van der Waals surface area (Å²) in [6.07, 6.45) is 1.59. The van der Waals surface area contributed by atoms with Crippen molar-refractivity contribution in [3.05, 3.63) is 30.1 Å². The zero-order chi connectivity index (χ0) is 14.0. The van der Waals surface area contributed by atoms with Gasteiger partial charge in [-0.2, -0.15) is 0 Å². The summed E-state index contributed by atoms with van der Waals surface area (Å²) in [6, 6.07) is 5.95. The third-order valence-corrected chi connectivity index (χ3v) is 3.21. The summed E-state index contributed by atoms with van der Waals surface area (Å²) in [6.45, 7) is 1.50. The summed E-state index contributed by atoms with van der Waals surface area (Å²) in [5.74, 6) is -2.50. The fourth-order valence-electron chi connectivity index (χ4n) is 1.88. The largest absolute Gasteiger partial charge is 0.481 e. The van der Waals surface area contributed by atoms with Crippen LogP contribution in [0.5, 0.6) is 0 Å². The molecule has 0 radical (unpaired) electrons. The van der Waals surface area contributed by atoms with Crippen LogP contribution in [0.15, 0.2) is 24.3 Å². The van der Waals surface area contributed by atoms with Gasteiger partial charge in [-0.3, -0.25) is 9.59 Å². The van der Waals surface area contributed by atoms with E-state index in [0.717, 1.165) is 12.8 Å². The van der Waals surface area contributed by atoms with Gasteiger partial charge in [-0.25, -0.2) is 4.39 Å². The Morgan fingerprint density at radius 2 is 2.05 bits per heavy atom. The highest BCUT2D eigenvalue weighted by Crippen LogP contribution is 2.33. The van der Waals surface area contributed by atoms with E-state index < -0.39 is 17.7 Å². The molecule has 1 amide bonds. The smallest absolute Gasteiger partial charge is 0.308 e. The predicted octanol–water partition coefficient (Wildman–Crippen LogP) is 2.29. The summed E-state index contributed by atoms with van der Waals surface area (Å²) in [4.78, 5) is 24.4. The van der Waals surface area contributed by atoms with Gasteiger partial charge in [-0.15, -0.1) is 0 Å². The van der Waals surface area contributed by atoms with Gasteiger partial charge in [-0.05, 0) is 25.0 Å². The van der Waals surface area contributed by atoms with Crippen molar-refractivity contribution in [2.75, 3.05) is 11.4 Å². The molecular formula is C14H16FNO3. The van der Waals surface area contributed by atoms with Crippen LogP contribution < -0.4 is 4.90 Å². The molecule has 2 rings (SSSR count). The summed E-state index contributed by atoms with van der Waals surface area (Å²) in [7, 11) is 0. The van der Waals surface area contributed by atoms with Gasteiger partial charge < -0.3 is 10.0 Å². The molecular weight excluding hydrogens is 249 g/mol. The van der Waals surface area contributed by atoms with Crippen molar-refractivity contribution < 1.29 is 19.1 Å². The normalized spacial score (nSPS) is 15.9. The van der Waals surface area contributed by atoms with Gasteiger partial charge in [0.05, 0.1) is 11.6 Å². The zero-order valence-electron chi connectivity index (χ0n) is 10.7. The molecule has 4 nitrogen and oxygen atoms in total. The number of para-hydroxylation sites is 1. The maximum atomic E-state index is 13.8. The summed E-state index contributed by atoms with van der Waals surface area (Å²) in [5.41, 5.74) is 0.160. The summed E-state index contributed by atoms with van der Waals surface area (Å²) in [5, 5.41) is 8.95. The second-order valence-corrected chi connectivity index (χ2v) is 4.91. The van der Waals surface area contributed by atoms with Gasteiger partial charge in [0.1, 0.15) is 5.82 Å². The number of rotatable bonds is 5. The van der Waals surface area contributed by atoms with E-state index in [9.17, 15) is 14.0 Å². The number of carbonyl (C=O) groups excluding carboxylic acids is 1. The van der Waals surface area contributed by atoms with E-state index in [-0.39, 0.29) is 24.1 Å². The number of benzene rings is 1. The number of nitrogens with zero attached hydrogens (tertiary/aromatic N) is 1. The maximum absolute atomic E-state index is 13.8. The Kier molecular flexibility index (Phi) is 3.83. The Morgan fingerprint density at radius 1 is 1.42 bits per heavy atom. The lowest BCUT2D eigenvalue weighted by atomic mass is 10.1. The van der Waals surface area contributed by atoms with Crippen LogP contribution in [-0.4, -0.2) is 23.5 Å². The average molecular weight is 265 g/mol. The predicted molar refractivity (Wildman–Crippen MR) is 68.3 cm³/mol. The highest BCUT2D eigenvalue weighted by Gasteiger charge is 2.35. The Bertz CT molecular complexity index is 499. The van der Waals surface area contributed by atoms with Gasteiger partial charge >= 0.3 is 5.97 Å². The third-order valence-electron chi connectivity index (χ3n) is 3.21. The molecule has 1 fully saturated rings. The Balaban J connectivity index is 2.26. The molecule has 0 aromatic heterocycles. The first-order valence-corrected chi connectivity index (χ1v) is 6.29. The molecule has 102 valence electrons. The van der Waals surface area contributed by atoms with Crippen LogP contribution in [0, 0.1) is 17.7 Å². The van der Waals surface area contributed by atoms with Crippen LogP contribution in [-0.2, 0) is 9.59 Å². The molecule has 0 saturated heterocycles. The molecule has 1 atom stereocenters. The van der Waals surface area contributed by atoms with Crippen molar-refractivity contribution in [2.45, 2.75) is 19.8 Å². The number of hydrogen-bond acceptors (Lipinski definition) is 2. The fourth-order valence-corrected chi connectivity index (χ4v) is 1.88. The van der Waals surface area contributed by atoms with E-state index in [0.29, 0.717) is 0 Å². The second kappa shape index (κ2) is 5.38. The maximum Gasteiger partial charge on any atom is 0.308 e. The topological polar surface area (TPSA) is 57.6 Å². The first-order valence-electron chi connectivity index (χ1n) is 6.29. The lowest BCUT2D eigenvalue weighted by molar-refractivity contribution is -0.140. The minimum Gasteiger partial charge on any atom is -0.481 e. The van der Waals surface area contributed by atoms with Gasteiger partial charge in [0.25, 0.3) is 0 Å². The van der Waals surface area contributed by atoms with Crippen LogP contribution in [0.1, 0.15) is 19.8 Å². The number of carbonyl (C=O) groups is 2. The number of hydrogen-bond donors (Lipinski definition) is 1. The molecule has 1 saturated carbocycles. The molecule has 19 heavy (non-hydrogen) atoms. The monoisotopic (exact) mass is 265 g/mol. The molecule has 0 spiro atoms. The summed E-state index contributed by atoms with van der Waals surface area (Å²) < 4.78 is 13.8. The van der Waals surface area contributed by atoms with Crippen molar-refractivity contribution >= 4 is 17.6 Å². The van der Waals surface area contributed by atoms with Gasteiger partial charge in [0.2, 0.25) is 5.91 Å². The van der Waals surface area contributed by atoms with E-state index in [4.69, 9.17) is 5.11 Å². The molecule has 1 aromatic carbocycles. The highest BCUT2D eigenvalue weighted by atomic mass is 19.1. The van der Waals surface area contributed by atoms with Crippen molar-refractivity contribution in [3.63, 3.8) is 0 Å². The van der Waals surface area contributed by atoms with E-state index in [2.05, 4.69) is 0 Å². The van der Waals surface area contributed by atoms with Crippen LogP contribution in [0.4, 0.5) is 10.1 Å². The van der Waals surface area contributed by atoms with Crippen molar-refractivity contribution in [1.29, 1.82) is 0 Å². The minimum atomic E-state index is -0.995. The van der Waals surface area contributed by atoms with Crippen molar-refractivity contribution in [2.24, 2.45) is 11.8 Å². The number of halogens is 1. The molecule has 0 heterocycles. The molecule has 1 aromatic rings. The lowest BCUT2D eigenvalue weighted by Crippen LogP contribution is -2.38. The fraction of sp³-hybridized carbons (Fsp3) is 0.429. The second-order valence-electron chi connectivity index (χ2n) is 4.91. The standard InChI is InChI=1S/C14H16FNO3/c1-9(14(18)19)8-16(13(17)10-6-7-10)12-5-3-2-4-11(12)15/h2-5,9-10H,6-8H2,1H3,(H,18,19). The molecule has 5 heteroatoms. The number of aliphatic carboxylic acids is 1. The van der Waals surface area contributed by atoms with Gasteiger partial charge in [0, 0.05) is 12.5 Å². The Labute approximate surface area is 110 Å². The number of amides is 1. The van der Waals surface area contributed by atoms with Crippen LogP contribution in [0.2, 0.25) is 0 Å². The number of anilines is 1. The van der Waals surface area contributed by atoms with Crippen LogP contribution >= 0.6 is 0 Å². The average Bonchev–Trinajstić information content (AvgIpc) is 3.20. The summed E-state index contributed by atoms with van der Waals surface area (Å²) >= 11 is 0. The zero-order valence-corrected chi connectivity index (χ0v) is 10.7. The SMILES string of the molecule is CC(CN(C(=O)C1CC1)c1ccccc1F)C(=O)O. The Hall–Kier alpha value is -1.91. The molecule has 1 aliphatic carbocycles. The molecule has 1 aliphatic rings. The lowest BCUT2D eigenvalue weighted by Gasteiger charge is -2.25. The Morgan fingerprint density at radius 3 is 2.58 bits per heavy atom. The first-order chi connectivity index (χ1) is 9.00. The number of carboxylic acid groups (broad SMARTS) is 1. The molecule has 0 aliphatic heterocycles. The van der Waals surface area contributed by atoms with Gasteiger partial charge in [-0.1, -0.05) is 19.1 Å². The van der Waals surface area contributed by atoms with E-state index in [1.54, 1.807) is 12.1 Å². The van der Waals surface area contributed by atoms with E-state index in [1.165, 1.54) is 24.0 Å². The van der Waals surface area contributed by atoms with Gasteiger partial charge in [0.15, 0.2) is 0 Å². The molecule has 1 N–H and O–H groups in total. The first kappa shape index (κ1) is 13.5.